The maximum atomic E-state index is 14.2. The Bertz CT molecular complexity index is 1010. The highest BCUT2D eigenvalue weighted by Gasteiger charge is 2.23. The molecule has 0 unspecified atom stereocenters. The predicted molar refractivity (Wildman–Crippen MR) is 92.0 cm³/mol. The average Bonchev–Trinajstić information content (AvgIpc) is 2.53. The Morgan fingerprint density at radius 2 is 1.56 bits per heavy atom. The van der Waals surface area contributed by atoms with Gasteiger partial charge in [-0.15, -0.1) is 0 Å². The van der Waals surface area contributed by atoms with Crippen LogP contribution in [0.1, 0.15) is 11.1 Å². The molecule has 0 saturated heterocycles. The quantitative estimate of drug-likeness (QED) is 0.341. The summed E-state index contributed by atoms with van der Waals surface area (Å²) in [5.41, 5.74) is 2.48. The van der Waals surface area contributed by atoms with Crippen LogP contribution in [0, 0.1) is 24.6 Å². The molecule has 0 amide bonds. The van der Waals surface area contributed by atoms with Gasteiger partial charge in [0.1, 0.15) is 5.82 Å². The predicted octanol–water partition coefficient (Wildman–Crippen LogP) is 6.52. The zero-order valence-corrected chi connectivity index (χ0v) is 13.8. The van der Waals surface area contributed by atoms with E-state index in [2.05, 4.69) is 0 Å². The van der Waals surface area contributed by atoms with Crippen LogP contribution in [0.2, 0.25) is 5.02 Å². The van der Waals surface area contributed by atoms with Crippen molar-refractivity contribution in [2.24, 2.45) is 0 Å². The van der Waals surface area contributed by atoms with Crippen molar-refractivity contribution in [3.63, 3.8) is 0 Å². The number of benzene rings is 3. The highest BCUT2D eigenvalue weighted by molar-refractivity contribution is 6.36. The molecule has 3 aromatic rings. The first-order valence-electron chi connectivity index (χ1n) is 7.33. The molecule has 0 heterocycles. The standard InChI is InChI=1S/C20H11ClF4/c1-12-2-4-13(5-3-12)14-6-7-16-15(10-14)11-18(22)17(19(16)21)8-9-20(23,24)25/h2-7,10-11H,1H3. The van der Waals surface area contributed by atoms with Crippen LogP contribution in [0.5, 0.6) is 0 Å². The lowest BCUT2D eigenvalue weighted by atomic mass is 9.99. The van der Waals surface area contributed by atoms with Crippen LogP contribution >= 0.6 is 11.6 Å². The molecular weight excluding hydrogens is 352 g/mol. The normalized spacial score (nSPS) is 11.3. The fourth-order valence-electron chi connectivity index (χ4n) is 2.50. The van der Waals surface area contributed by atoms with E-state index >= 15 is 0 Å². The highest BCUT2D eigenvalue weighted by atomic mass is 35.5. The lowest BCUT2D eigenvalue weighted by molar-refractivity contribution is -0.0696. The fourth-order valence-corrected chi connectivity index (χ4v) is 2.81. The zero-order valence-electron chi connectivity index (χ0n) is 13.0. The Morgan fingerprint density at radius 3 is 2.20 bits per heavy atom. The largest absolute Gasteiger partial charge is 0.458 e. The molecule has 0 spiro atoms. The Morgan fingerprint density at radius 1 is 0.920 bits per heavy atom. The zero-order chi connectivity index (χ0) is 18.2. The summed E-state index contributed by atoms with van der Waals surface area (Å²) in [6.45, 7) is 1.98. The SMILES string of the molecule is Cc1ccc(-c2ccc3c(Cl)c(C#CC(F)(F)F)c(F)cc3c2)cc1. The van der Waals surface area contributed by atoms with Gasteiger partial charge in [0.2, 0.25) is 0 Å². The molecule has 0 atom stereocenters. The number of alkyl halides is 3. The first-order chi connectivity index (χ1) is 11.7. The third-order valence-corrected chi connectivity index (χ3v) is 4.14. The van der Waals surface area contributed by atoms with Crippen molar-refractivity contribution >= 4 is 22.4 Å². The van der Waals surface area contributed by atoms with Crippen molar-refractivity contribution in [2.75, 3.05) is 0 Å². The van der Waals surface area contributed by atoms with Crippen molar-refractivity contribution in [3.05, 3.63) is 70.5 Å². The number of hydrogen-bond acceptors (Lipinski definition) is 0. The molecule has 0 radical (unpaired) electrons. The topological polar surface area (TPSA) is 0 Å². The second-order valence-corrected chi connectivity index (χ2v) is 5.98. The summed E-state index contributed by atoms with van der Waals surface area (Å²) in [6, 6.07) is 14.2. The van der Waals surface area contributed by atoms with Gasteiger partial charge in [-0.2, -0.15) is 13.2 Å². The van der Waals surface area contributed by atoms with Crippen LogP contribution in [-0.2, 0) is 0 Å². The van der Waals surface area contributed by atoms with Gasteiger partial charge in [-0.3, -0.25) is 0 Å². The maximum absolute atomic E-state index is 14.2. The lowest BCUT2D eigenvalue weighted by Gasteiger charge is -2.08. The van der Waals surface area contributed by atoms with Gasteiger partial charge in [0.25, 0.3) is 0 Å². The van der Waals surface area contributed by atoms with Gasteiger partial charge in [-0.25, -0.2) is 4.39 Å². The van der Waals surface area contributed by atoms with E-state index in [1.807, 2.05) is 31.2 Å². The summed E-state index contributed by atoms with van der Waals surface area (Å²) in [5.74, 6) is 1.96. The minimum atomic E-state index is -4.71. The van der Waals surface area contributed by atoms with Gasteiger partial charge in [-0.05, 0) is 35.6 Å². The number of halogens is 5. The molecular formula is C20H11ClF4. The van der Waals surface area contributed by atoms with Crippen LogP contribution in [0.25, 0.3) is 21.9 Å². The molecule has 5 heteroatoms. The molecule has 0 saturated carbocycles. The minimum Gasteiger partial charge on any atom is -0.206 e. The van der Waals surface area contributed by atoms with Crippen molar-refractivity contribution in [1.29, 1.82) is 0 Å². The van der Waals surface area contributed by atoms with Gasteiger partial charge < -0.3 is 0 Å². The first-order valence-corrected chi connectivity index (χ1v) is 7.71. The molecule has 0 N–H and O–H groups in total. The molecule has 0 aliphatic carbocycles. The van der Waals surface area contributed by atoms with E-state index in [0.29, 0.717) is 10.8 Å². The Hall–Kier alpha value is -2.51. The van der Waals surface area contributed by atoms with Gasteiger partial charge in [0.15, 0.2) is 0 Å². The molecule has 0 bridgehead atoms. The van der Waals surface area contributed by atoms with E-state index in [0.717, 1.165) is 28.7 Å². The molecule has 0 aromatic heterocycles. The lowest BCUT2D eigenvalue weighted by Crippen LogP contribution is -2.02. The second kappa shape index (κ2) is 6.42. The van der Waals surface area contributed by atoms with Crippen molar-refractivity contribution in [1.82, 2.24) is 0 Å². The van der Waals surface area contributed by atoms with Gasteiger partial charge in [-0.1, -0.05) is 59.5 Å². The summed E-state index contributed by atoms with van der Waals surface area (Å²) in [6.07, 6.45) is -4.71. The number of rotatable bonds is 1. The van der Waals surface area contributed by atoms with Gasteiger partial charge in [0.05, 0.1) is 10.6 Å². The van der Waals surface area contributed by atoms with E-state index < -0.39 is 17.6 Å². The molecule has 0 nitrogen and oxygen atoms in total. The number of hydrogen-bond donors (Lipinski definition) is 0. The smallest absolute Gasteiger partial charge is 0.206 e. The van der Waals surface area contributed by atoms with E-state index in [9.17, 15) is 17.6 Å². The molecule has 0 aliphatic rings. The van der Waals surface area contributed by atoms with Crippen molar-refractivity contribution < 1.29 is 17.6 Å². The first kappa shape index (κ1) is 17.3. The average molecular weight is 363 g/mol. The summed E-state index contributed by atoms with van der Waals surface area (Å²) < 4.78 is 50.9. The molecule has 3 rings (SSSR count). The van der Waals surface area contributed by atoms with Crippen LogP contribution in [0.3, 0.4) is 0 Å². The van der Waals surface area contributed by atoms with E-state index in [-0.39, 0.29) is 5.02 Å². The highest BCUT2D eigenvalue weighted by Crippen LogP contribution is 2.32. The summed E-state index contributed by atoms with van der Waals surface area (Å²) in [4.78, 5) is 0. The van der Waals surface area contributed by atoms with Crippen LogP contribution in [0.4, 0.5) is 17.6 Å². The van der Waals surface area contributed by atoms with Crippen LogP contribution < -0.4 is 0 Å². The summed E-state index contributed by atoms with van der Waals surface area (Å²) in [5, 5.41) is 0.825. The van der Waals surface area contributed by atoms with E-state index in [4.69, 9.17) is 11.6 Å². The number of fused-ring (bicyclic) bond motifs is 1. The Balaban J connectivity index is 2.13. The maximum Gasteiger partial charge on any atom is 0.458 e. The fraction of sp³-hybridized carbons (Fsp3) is 0.100. The monoisotopic (exact) mass is 362 g/mol. The molecule has 0 aliphatic heterocycles. The van der Waals surface area contributed by atoms with Gasteiger partial charge >= 0.3 is 6.18 Å². The van der Waals surface area contributed by atoms with E-state index in [1.165, 1.54) is 0 Å². The minimum absolute atomic E-state index is 0.123. The third kappa shape index (κ3) is 3.78. The Kier molecular flexibility index (Phi) is 4.45. The van der Waals surface area contributed by atoms with Crippen molar-refractivity contribution in [3.8, 4) is 23.0 Å². The molecule has 0 fully saturated rings. The molecule has 25 heavy (non-hydrogen) atoms. The Labute approximate surface area is 147 Å². The summed E-state index contributed by atoms with van der Waals surface area (Å²) in [7, 11) is 0. The second-order valence-electron chi connectivity index (χ2n) is 5.60. The van der Waals surface area contributed by atoms with Gasteiger partial charge in [0, 0.05) is 11.3 Å². The van der Waals surface area contributed by atoms with E-state index in [1.54, 1.807) is 24.1 Å². The molecule has 126 valence electrons. The summed E-state index contributed by atoms with van der Waals surface area (Å²) >= 11 is 6.09. The third-order valence-electron chi connectivity index (χ3n) is 3.74. The van der Waals surface area contributed by atoms with Crippen LogP contribution in [0.15, 0.2) is 48.5 Å². The molecule has 3 aromatic carbocycles. The number of aryl methyl sites for hydroxylation is 1. The van der Waals surface area contributed by atoms with Crippen molar-refractivity contribution in [2.45, 2.75) is 13.1 Å². The van der Waals surface area contributed by atoms with Crippen LogP contribution in [-0.4, -0.2) is 6.18 Å².